The Hall–Kier alpha value is -2.94. The second-order valence-corrected chi connectivity index (χ2v) is 5.40. The molecule has 0 saturated carbocycles. The molecule has 0 aliphatic heterocycles. The van der Waals surface area contributed by atoms with Crippen molar-refractivity contribution in [2.24, 2.45) is 0 Å². The molecule has 1 amide bonds. The lowest BCUT2D eigenvalue weighted by atomic mass is 10.1. The zero-order chi connectivity index (χ0) is 16.1. The molecular formula is C20H17NO2. The number of Topliss-reactive ketones (excluding diaryl/α,β-unsaturated/α-hetero) is 1. The van der Waals surface area contributed by atoms with E-state index in [9.17, 15) is 9.59 Å². The summed E-state index contributed by atoms with van der Waals surface area (Å²) in [7, 11) is 0. The minimum Gasteiger partial charge on any atom is -0.326 e. The summed E-state index contributed by atoms with van der Waals surface area (Å²) in [5.41, 5.74) is 1.40. The molecule has 0 unspecified atom stereocenters. The molecule has 3 aromatic rings. The topological polar surface area (TPSA) is 46.2 Å². The number of carbonyl (C=O) groups is 2. The third-order valence-corrected chi connectivity index (χ3v) is 3.71. The fourth-order valence-electron chi connectivity index (χ4n) is 2.49. The highest BCUT2D eigenvalue weighted by Gasteiger charge is 2.09. The van der Waals surface area contributed by atoms with Gasteiger partial charge in [0.1, 0.15) is 0 Å². The maximum atomic E-state index is 12.0. The van der Waals surface area contributed by atoms with Crippen LogP contribution in [0.2, 0.25) is 0 Å². The summed E-state index contributed by atoms with van der Waals surface area (Å²) < 4.78 is 0. The highest BCUT2D eigenvalue weighted by Crippen LogP contribution is 2.19. The summed E-state index contributed by atoms with van der Waals surface area (Å²) in [5.74, 6) is -0.163. The lowest BCUT2D eigenvalue weighted by Crippen LogP contribution is -2.13. The van der Waals surface area contributed by atoms with E-state index in [0.717, 1.165) is 16.5 Å². The predicted octanol–water partition coefficient (Wildman–Crippen LogP) is 4.44. The predicted molar refractivity (Wildman–Crippen MR) is 92.6 cm³/mol. The molecule has 0 radical (unpaired) electrons. The first kappa shape index (κ1) is 15.0. The van der Waals surface area contributed by atoms with Crippen LogP contribution < -0.4 is 5.32 Å². The second-order valence-electron chi connectivity index (χ2n) is 5.40. The summed E-state index contributed by atoms with van der Waals surface area (Å²) in [6.45, 7) is 0. The summed E-state index contributed by atoms with van der Waals surface area (Å²) in [6.07, 6.45) is 0.393. The van der Waals surface area contributed by atoms with Crippen molar-refractivity contribution in [3.05, 3.63) is 78.4 Å². The molecule has 0 saturated heterocycles. The van der Waals surface area contributed by atoms with Crippen molar-refractivity contribution in [1.29, 1.82) is 0 Å². The van der Waals surface area contributed by atoms with Crippen LogP contribution in [0.15, 0.2) is 72.8 Å². The van der Waals surface area contributed by atoms with E-state index in [1.807, 2.05) is 60.7 Å². The smallest absolute Gasteiger partial charge is 0.224 e. The summed E-state index contributed by atoms with van der Waals surface area (Å²) in [4.78, 5) is 24.0. The van der Waals surface area contributed by atoms with Crippen LogP contribution in [0.25, 0.3) is 10.8 Å². The van der Waals surface area contributed by atoms with Crippen LogP contribution in [-0.4, -0.2) is 11.7 Å². The lowest BCUT2D eigenvalue weighted by Gasteiger charge is -2.06. The quantitative estimate of drug-likeness (QED) is 0.708. The Bertz CT molecular complexity index is 840. The number of rotatable bonds is 5. The van der Waals surface area contributed by atoms with Gasteiger partial charge in [0.25, 0.3) is 0 Å². The molecule has 0 spiro atoms. The molecule has 23 heavy (non-hydrogen) atoms. The zero-order valence-electron chi connectivity index (χ0n) is 12.7. The number of hydrogen-bond donors (Lipinski definition) is 1. The van der Waals surface area contributed by atoms with Gasteiger partial charge in [0, 0.05) is 24.1 Å². The molecule has 0 fully saturated rings. The summed E-state index contributed by atoms with van der Waals surface area (Å²) in [5, 5.41) is 5.05. The molecule has 0 heterocycles. The van der Waals surface area contributed by atoms with Gasteiger partial charge in [-0.25, -0.2) is 0 Å². The second kappa shape index (κ2) is 6.88. The van der Waals surface area contributed by atoms with Crippen LogP contribution in [0.3, 0.4) is 0 Å². The van der Waals surface area contributed by atoms with E-state index in [-0.39, 0.29) is 24.5 Å². The Labute approximate surface area is 135 Å². The van der Waals surface area contributed by atoms with Crippen molar-refractivity contribution < 1.29 is 9.59 Å². The van der Waals surface area contributed by atoms with Crippen LogP contribution in [-0.2, 0) is 4.79 Å². The van der Waals surface area contributed by atoms with Gasteiger partial charge in [-0.3, -0.25) is 9.59 Å². The molecule has 0 aromatic heterocycles. The Morgan fingerprint density at radius 3 is 2.22 bits per heavy atom. The van der Waals surface area contributed by atoms with Crippen LogP contribution >= 0.6 is 0 Å². The minimum absolute atomic E-state index is 0.0146. The van der Waals surface area contributed by atoms with Gasteiger partial charge in [-0.2, -0.15) is 0 Å². The fourth-order valence-corrected chi connectivity index (χ4v) is 2.49. The molecule has 3 aromatic carbocycles. The number of fused-ring (bicyclic) bond motifs is 1. The van der Waals surface area contributed by atoms with Crippen LogP contribution in [0.4, 0.5) is 5.69 Å². The molecule has 114 valence electrons. The van der Waals surface area contributed by atoms with Gasteiger partial charge in [-0.05, 0) is 22.9 Å². The molecule has 3 nitrogen and oxygen atoms in total. The SMILES string of the molecule is O=C(CCC(=O)c1ccccc1)Nc1ccc2ccccc2c1. The average molecular weight is 303 g/mol. The van der Waals surface area contributed by atoms with E-state index in [1.54, 1.807) is 12.1 Å². The highest BCUT2D eigenvalue weighted by molar-refractivity contribution is 6.00. The number of amides is 1. The van der Waals surface area contributed by atoms with Crippen LogP contribution in [0.1, 0.15) is 23.2 Å². The van der Waals surface area contributed by atoms with Crippen molar-refractivity contribution in [2.45, 2.75) is 12.8 Å². The summed E-state index contributed by atoms with van der Waals surface area (Å²) in [6, 6.07) is 22.8. The standard InChI is InChI=1S/C20H17NO2/c22-19(16-7-2-1-3-8-16)12-13-20(23)21-18-11-10-15-6-4-5-9-17(15)14-18/h1-11,14H,12-13H2,(H,21,23). The number of ketones is 1. The third kappa shape index (κ3) is 3.83. The first-order chi connectivity index (χ1) is 11.2. The normalized spacial score (nSPS) is 10.4. The van der Waals surface area contributed by atoms with E-state index in [4.69, 9.17) is 0 Å². The van der Waals surface area contributed by atoms with Crippen molar-refractivity contribution in [3.63, 3.8) is 0 Å². The van der Waals surface area contributed by atoms with Crippen molar-refractivity contribution >= 4 is 28.2 Å². The first-order valence-electron chi connectivity index (χ1n) is 7.59. The fraction of sp³-hybridized carbons (Fsp3) is 0.100. The molecule has 3 rings (SSSR count). The number of nitrogens with one attached hydrogen (secondary N) is 1. The number of benzene rings is 3. The van der Waals surface area contributed by atoms with Gasteiger partial charge < -0.3 is 5.32 Å². The van der Waals surface area contributed by atoms with Gasteiger partial charge >= 0.3 is 0 Å². The maximum Gasteiger partial charge on any atom is 0.224 e. The first-order valence-corrected chi connectivity index (χ1v) is 7.59. The maximum absolute atomic E-state index is 12.0. The Morgan fingerprint density at radius 1 is 0.739 bits per heavy atom. The Morgan fingerprint density at radius 2 is 1.43 bits per heavy atom. The van der Waals surface area contributed by atoms with E-state index in [2.05, 4.69) is 5.32 Å². The Kier molecular flexibility index (Phi) is 4.48. The lowest BCUT2D eigenvalue weighted by molar-refractivity contribution is -0.116. The highest BCUT2D eigenvalue weighted by atomic mass is 16.2. The summed E-state index contributed by atoms with van der Waals surface area (Å²) >= 11 is 0. The molecule has 0 atom stereocenters. The van der Waals surface area contributed by atoms with Gasteiger partial charge in [-0.15, -0.1) is 0 Å². The Balaban J connectivity index is 1.59. The zero-order valence-corrected chi connectivity index (χ0v) is 12.7. The molecule has 0 bridgehead atoms. The van der Waals surface area contributed by atoms with E-state index in [1.165, 1.54) is 0 Å². The molecule has 3 heteroatoms. The monoisotopic (exact) mass is 303 g/mol. The van der Waals surface area contributed by atoms with Gasteiger partial charge in [0.05, 0.1) is 0 Å². The van der Waals surface area contributed by atoms with Crippen molar-refractivity contribution in [2.75, 3.05) is 5.32 Å². The van der Waals surface area contributed by atoms with E-state index in [0.29, 0.717) is 5.56 Å². The molecule has 0 aliphatic rings. The number of anilines is 1. The van der Waals surface area contributed by atoms with Gasteiger partial charge in [-0.1, -0.05) is 60.7 Å². The van der Waals surface area contributed by atoms with Gasteiger partial charge in [0.2, 0.25) is 5.91 Å². The largest absolute Gasteiger partial charge is 0.326 e. The van der Waals surface area contributed by atoms with E-state index >= 15 is 0 Å². The third-order valence-electron chi connectivity index (χ3n) is 3.71. The number of carbonyl (C=O) groups excluding carboxylic acids is 2. The van der Waals surface area contributed by atoms with Crippen LogP contribution in [0.5, 0.6) is 0 Å². The van der Waals surface area contributed by atoms with Crippen molar-refractivity contribution in [3.8, 4) is 0 Å². The van der Waals surface area contributed by atoms with E-state index < -0.39 is 0 Å². The molecule has 0 aliphatic carbocycles. The van der Waals surface area contributed by atoms with Gasteiger partial charge in [0.15, 0.2) is 5.78 Å². The van der Waals surface area contributed by atoms with Crippen LogP contribution in [0, 0.1) is 0 Å². The average Bonchev–Trinajstić information content (AvgIpc) is 2.60. The minimum atomic E-state index is -0.149. The molecule has 1 N–H and O–H groups in total. The number of hydrogen-bond acceptors (Lipinski definition) is 2. The molecular weight excluding hydrogens is 286 g/mol. The van der Waals surface area contributed by atoms with Crippen molar-refractivity contribution in [1.82, 2.24) is 0 Å².